The molecule has 0 radical (unpaired) electrons. The summed E-state index contributed by atoms with van der Waals surface area (Å²) in [6.07, 6.45) is 0.879. The van der Waals surface area contributed by atoms with E-state index < -0.39 is 0 Å². The molecule has 0 aliphatic carbocycles. The van der Waals surface area contributed by atoms with Crippen molar-refractivity contribution in [3.8, 4) is 5.75 Å². The average molecular weight is 244 g/mol. The highest BCUT2D eigenvalue weighted by Crippen LogP contribution is 2.30. The monoisotopic (exact) mass is 243 g/mol. The molecular weight excluding hydrogens is 230 g/mol. The van der Waals surface area contributed by atoms with Gasteiger partial charge in [-0.3, -0.25) is 0 Å². The summed E-state index contributed by atoms with van der Waals surface area (Å²) in [5, 5.41) is 0. The SMILES string of the molecule is COc1ccc(C)c(CCN)c1Br. The first-order valence-corrected chi connectivity index (χ1v) is 5.02. The molecule has 0 saturated heterocycles. The van der Waals surface area contributed by atoms with Crippen molar-refractivity contribution in [2.75, 3.05) is 13.7 Å². The maximum Gasteiger partial charge on any atom is 0.133 e. The normalized spacial score (nSPS) is 10.2. The summed E-state index contributed by atoms with van der Waals surface area (Å²) < 4.78 is 6.23. The molecule has 0 unspecified atom stereocenters. The second kappa shape index (κ2) is 4.63. The number of hydrogen-bond acceptors (Lipinski definition) is 2. The average Bonchev–Trinajstić information content (AvgIpc) is 2.12. The lowest BCUT2D eigenvalue weighted by molar-refractivity contribution is 0.411. The lowest BCUT2D eigenvalue weighted by Crippen LogP contribution is -2.05. The van der Waals surface area contributed by atoms with Crippen LogP contribution in [0.4, 0.5) is 0 Å². The van der Waals surface area contributed by atoms with Crippen LogP contribution in [0.25, 0.3) is 0 Å². The van der Waals surface area contributed by atoms with Gasteiger partial charge < -0.3 is 10.5 Å². The summed E-state index contributed by atoms with van der Waals surface area (Å²) in [5.41, 5.74) is 8.01. The lowest BCUT2D eigenvalue weighted by atomic mass is 10.1. The minimum absolute atomic E-state index is 0.659. The maximum absolute atomic E-state index is 5.53. The van der Waals surface area contributed by atoms with Gasteiger partial charge in [-0.2, -0.15) is 0 Å². The van der Waals surface area contributed by atoms with E-state index in [1.807, 2.05) is 6.07 Å². The van der Waals surface area contributed by atoms with E-state index in [9.17, 15) is 0 Å². The van der Waals surface area contributed by atoms with Crippen molar-refractivity contribution < 1.29 is 4.74 Å². The van der Waals surface area contributed by atoms with E-state index in [0.717, 1.165) is 16.6 Å². The molecular formula is C10H14BrNO. The van der Waals surface area contributed by atoms with E-state index in [1.54, 1.807) is 7.11 Å². The van der Waals surface area contributed by atoms with Crippen molar-refractivity contribution in [3.63, 3.8) is 0 Å². The number of benzene rings is 1. The molecule has 0 atom stereocenters. The van der Waals surface area contributed by atoms with E-state index in [-0.39, 0.29) is 0 Å². The Hall–Kier alpha value is -0.540. The van der Waals surface area contributed by atoms with Crippen molar-refractivity contribution >= 4 is 15.9 Å². The number of ether oxygens (including phenoxy) is 1. The van der Waals surface area contributed by atoms with Crippen LogP contribution in [0.15, 0.2) is 16.6 Å². The molecule has 0 fully saturated rings. The largest absolute Gasteiger partial charge is 0.496 e. The second-order valence-electron chi connectivity index (χ2n) is 2.92. The molecule has 0 aromatic heterocycles. The van der Waals surface area contributed by atoms with Crippen LogP contribution in [0.1, 0.15) is 11.1 Å². The molecule has 0 aliphatic heterocycles. The quantitative estimate of drug-likeness (QED) is 0.885. The van der Waals surface area contributed by atoms with Crippen molar-refractivity contribution in [1.82, 2.24) is 0 Å². The van der Waals surface area contributed by atoms with Gasteiger partial charge in [0.1, 0.15) is 5.75 Å². The van der Waals surface area contributed by atoms with Gasteiger partial charge in [-0.25, -0.2) is 0 Å². The molecule has 1 aromatic carbocycles. The summed E-state index contributed by atoms with van der Waals surface area (Å²) in [5.74, 6) is 0.869. The van der Waals surface area contributed by atoms with Gasteiger partial charge in [-0.1, -0.05) is 6.07 Å². The van der Waals surface area contributed by atoms with E-state index in [1.165, 1.54) is 11.1 Å². The Morgan fingerprint density at radius 1 is 1.46 bits per heavy atom. The van der Waals surface area contributed by atoms with Gasteiger partial charge >= 0.3 is 0 Å². The molecule has 0 saturated carbocycles. The first-order valence-electron chi connectivity index (χ1n) is 4.22. The van der Waals surface area contributed by atoms with E-state index in [0.29, 0.717) is 6.54 Å². The lowest BCUT2D eigenvalue weighted by Gasteiger charge is -2.10. The molecule has 0 bridgehead atoms. The fraction of sp³-hybridized carbons (Fsp3) is 0.400. The van der Waals surface area contributed by atoms with Crippen molar-refractivity contribution in [2.24, 2.45) is 5.73 Å². The first kappa shape index (κ1) is 10.5. The highest BCUT2D eigenvalue weighted by molar-refractivity contribution is 9.10. The van der Waals surface area contributed by atoms with Crippen molar-refractivity contribution in [3.05, 3.63) is 27.7 Å². The molecule has 3 heteroatoms. The minimum Gasteiger partial charge on any atom is -0.496 e. The number of halogens is 1. The third-order valence-electron chi connectivity index (χ3n) is 2.06. The van der Waals surface area contributed by atoms with Crippen LogP contribution in [0.2, 0.25) is 0 Å². The maximum atomic E-state index is 5.53. The number of hydrogen-bond donors (Lipinski definition) is 1. The zero-order valence-corrected chi connectivity index (χ0v) is 9.52. The van der Waals surface area contributed by atoms with Crippen LogP contribution < -0.4 is 10.5 Å². The van der Waals surface area contributed by atoms with Gasteiger partial charge in [0.25, 0.3) is 0 Å². The van der Waals surface area contributed by atoms with Crippen LogP contribution in [0.3, 0.4) is 0 Å². The fourth-order valence-electron chi connectivity index (χ4n) is 1.31. The van der Waals surface area contributed by atoms with E-state index in [4.69, 9.17) is 10.5 Å². The Morgan fingerprint density at radius 3 is 2.69 bits per heavy atom. The van der Waals surface area contributed by atoms with Gasteiger partial charge in [0.15, 0.2) is 0 Å². The Labute approximate surface area is 87.2 Å². The summed E-state index contributed by atoms with van der Waals surface area (Å²) in [4.78, 5) is 0. The Bertz CT molecular complexity index is 299. The molecule has 0 heterocycles. The van der Waals surface area contributed by atoms with Crippen LogP contribution in [-0.2, 0) is 6.42 Å². The van der Waals surface area contributed by atoms with Crippen LogP contribution in [-0.4, -0.2) is 13.7 Å². The topological polar surface area (TPSA) is 35.2 Å². The van der Waals surface area contributed by atoms with Crippen LogP contribution in [0.5, 0.6) is 5.75 Å². The summed E-state index contributed by atoms with van der Waals surface area (Å²) >= 11 is 3.51. The molecule has 72 valence electrons. The highest BCUT2D eigenvalue weighted by atomic mass is 79.9. The molecule has 0 spiro atoms. The number of nitrogens with two attached hydrogens (primary N) is 1. The number of rotatable bonds is 3. The Balaban J connectivity index is 3.13. The van der Waals surface area contributed by atoms with Gasteiger partial charge in [0, 0.05) is 0 Å². The zero-order valence-electron chi connectivity index (χ0n) is 7.93. The van der Waals surface area contributed by atoms with Crippen LogP contribution >= 0.6 is 15.9 Å². The molecule has 0 aliphatic rings. The number of methoxy groups -OCH3 is 1. The smallest absolute Gasteiger partial charge is 0.133 e. The molecule has 13 heavy (non-hydrogen) atoms. The minimum atomic E-state index is 0.659. The standard InChI is InChI=1S/C10H14BrNO/c1-7-3-4-9(13-2)10(11)8(7)5-6-12/h3-4H,5-6,12H2,1-2H3. The predicted molar refractivity (Wildman–Crippen MR) is 58.2 cm³/mol. The number of aryl methyl sites for hydroxylation is 1. The third-order valence-corrected chi connectivity index (χ3v) is 2.93. The van der Waals surface area contributed by atoms with Crippen molar-refractivity contribution in [1.29, 1.82) is 0 Å². The van der Waals surface area contributed by atoms with Gasteiger partial charge in [0.2, 0.25) is 0 Å². The third kappa shape index (κ3) is 2.23. The summed E-state index contributed by atoms with van der Waals surface area (Å²) in [6, 6.07) is 4.01. The second-order valence-corrected chi connectivity index (χ2v) is 3.71. The molecule has 0 amide bonds. The molecule has 2 nitrogen and oxygen atoms in total. The molecule has 2 N–H and O–H groups in total. The van der Waals surface area contributed by atoms with Gasteiger partial charge in [-0.15, -0.1) is 0 Å². The first-order chi connectivity index (χ1) is 6.20. The summed E-state index contributed by atoms with van der Waals surface area (Å²) in [6.45, 7) is 2.74. The highest BCUT2D eigenvalue weighted by Gasteiger charge is 2.07. The van der Waals surface area contributed by atoms with Crippen LogP contribution in [0, 0.1) is 6.92 Å². The predicted octanol–water partition coefficient (Wildman–Crippen LogP) is 2.27. The molecule has 1 rings (SSSR count). The Morgan fingerprint density at radius 2 is 2.15 bits per heavy atom. The Kier molecular flexibility index (Phi) is 3.75. The van der Waals surface area contributed by atoms with E-state index in [2.05, 4.69) is 28.9 Å². The zero-order chi connectivity index (χ0) is 9.84. The van der Waals surface area contributed by atoms with E-state index >= 15 is 0 Å². The summed E-state index contributed by atoms with van der Waals surface area (Å²) in [7, 11) is 1.67. The fourth-order valence-corrected chi connectivity index (χ4v) is 2.11. The van der Waals surface area contributed by atoms with Gasteiger partial charge in [0.05, 0.1) is 11.6 Å². The molecule has 1 aromatic rings. The van der Waals surface area contributed by atoms with Gasteiger partial charge in [-0.05, 0) is 53.0 Å². The van der Waals surface area contributed by atoms with Crippen molar-refractivity contribution in [2.45, 2.75) is 13.3 Å².